The highest BCUT2D eigenvalue weighted by atomic mass is 32.2. The van der Waals surface area contributed by atoms with Crippen molar-refractivity contribution in [3.05, 3.63) is 60.2 Å². The summed E-state index contributed by atoms with van der Waals surface area (Å²) in [6, 6.07) is 14.7. The monoisotopic (exact) mass is 406 g/mol. The summed E-state index contributed by atoms with van der Waals surface area (Å²) in [6.07, 6.45) is 1.07. The van der Waals surface area contributed by atoms with E-state index in [2.05, 4.69) is 5.32 Å². The van der Waals surface area contributed by atoms with Crippen LogP contribution in [0, 0.1) is 0 Å². The molecule has 1 amide bonds. The Kier molecular flexibility index (Phi) is 7.42. The maximum absolute atomic E-state index is 12.9. The number of sulfonamides is 1. The fourth-order valence-electron chi connectivity index (χ4n) is 2.67. The number of amides is 1. The SMILES string of the molecule is COc1ccccc1OC[C@@H](C)NC(=O)[C@@H](c1ccccc1)N(C)S(C)(=O)=O. The molecule has 2 atom stereocenters. The molecule has 2 aromatic rings. The van der Waals surface area contributed by atoms with Crippen LogP contribution in [-0.4, -0.2) is 51.7 Å². The van der Waals surface area contributed by atoms with Crippen molar-refractivity contribution in [1.29, 1.82) is 0 Å². The van der Waals surface area contributed by atoms with Gasteiger partial charge in [0.05, 0.1) is 19.4 Å². The summed E-state index contributed by atoms with van der Waals surface area (Å²) in [5.41, 5.74) is 0.589. The number of rotatable bonds is 9. The standard InChI is InChI=1S/C20H26N2O5S/c1-15(14-27-18-13-9-8-12-17(18)26-3)21-20(23)19(22(2)28(4,24)25)16-10-6-5-7-11-16/h5-13,15,19H,14H2,1-4H3,(H,21,23)/t15-,19-/m1/s1. The minimum absolute atomic E-state index is 0.205. The smallest absolute Gasteiger partial charge is 0.243 e. The first-order chi connectivity index (χ1) is 13.2. The molecule has 0 aliphatic heterocycles. The summed E-state index contributed by atoms with van der Waals surface area (Å²) in [5.74, 6) is 0.745. The number of ether oxygens (including phenoxy) is 2. The number of hydrogen-bond acceptors (Lipinski definition) is 5. The Morgan fingerprint density at radius 2 is 1.64 bits per heavy atom. The van der Waals surface area contributed by atoms with Gasteiger partial charge in [-0.15, -0.1) is 0 Å². The van der Waals surface area contributed by atoms with E-state index in [1.807, 2.05) is 18.2 Å². The highest BCUT2D eigenvalue weighted by molar-refractivity contribution is 7.88. The van der Waals surface area contributed by atoms with Crippen molar-refractivity contribution < 1.29 is 22.7 Å². The molecule has 7 nitrogen and oxygen atoms in total. The molecule has 0 fully saturated rings. The van der Waals surface area contributed by atoms with Crippen molar-refractivity contribution in [2.45, 2.75) is 19.0 Å². The van der Waals surface area contributed by atoms with Gasteiger partial charge in [-0.2, -0.15) is 4.31 Å². The third kappa shape index (κ3) is 5.71. The highest BCUT2D eigenvalue weighted by Crippen LogP contribution is 2.26. The van der Waals surface area contributed by atoms with Crippen LogP contribution < -0.4 is 14.8 Å². The lowest BCUT2D eigenvalue weighted by molar-refractivity contribution is -0.125. The largest absolute Gasteiger partial charge is 0.493 e. The molecule has 0 saturated carbocycles. The van der Waals surface area contributed by atoms with Gasteiger partial charge in [-0.1, -0.05) is 42.5 Å². The van der Waals surface area contributed by atoms with Crippen molar-refractivity contribution in [3.63, 3.8) is 0 Å². The maximum Gasteiger partial charge on any atom is 0.243 e. The van der Waals surface area contributed by atoms with Gasteiger partial charge in [-0.25, -0.2) is 8.42 Å². The van der Waals surface area contributed by atoms with E-state index in [4.69, 9.17) is 9.47 Å². The molecule has 0 heterocycles. The molecule has 0 spiro atoms. The Hall–Kier alpha value is -2.58. The van der Waals surface area contributed by atoms with E-state index in [9.17, 15) is 13.2 Å². The molecular formula is C20H26N2O5S. The number of methoxy groups -OCH3 is 1. The van der Waals surface area contributed by atoms with Crippen LogP contribution in [0.4, 0.5) is 0 Å². The lowest BCUT2D eigenvalue weighted by Gasteiger charge is -2.27. The molecule has 152 valence electrons. The molecule has 28 heavy (non-hydrogen) atoms. The predicted molar refractivity (Wildman–Crippen MR) is 108 cm³/mol. The van der Waals surface area contributed by atoms with E-state index < -0.39 is 22.0 Å². The second kappa shape index (κ2) is 9.57. The van der Waals surface area contributed by atoms with Crippen molar-refractivity contribution in [3.8, 4) is 11.5 Å². The van der Waals surface area contributed by atoms with Crippen LogP contribution in [0.2, 0.25) is 0 Å². The van der Waals surface area contributed by atoms with Gasteiger partial charge in [0, 0.05) is 7.05 Å². The highest BCUT2D eigenvalue weighted by Gasteiger charge is 2.31. The van der Waals surface area contributed by atoms with Gasteiger partial charge in [-0.3, -0.25) is 4.79 Å². The van der Waals surface area contributed by atoms with Crippen LogP contribution in [0.5, 0.6) is 11.5 Å². The number of likely N-dealkylation sites (N-methyl/N-ethyl adjacent to an activating group) is 1. The normalized spacial score (nSPS) is 13.6. The van der Waals surface area contributed by atoms with Gasteiger partial charge in [0.15, 0.2) is 11.5 Å². The van der Waals surface area contributed by atoms with Crippen molar-refractivity contribution in [2.75, 3.05) is 27.0 Å². The first-order valence-corrected chi connectivity index (χ1v) is 10.6. The van der Waals surface area contributed by atoms with Gasteiger partial charge < -0.3 is 14.8 Å². The fourth-order valence-corrected chi connectivity index (χ4v) is 3.27. The van der Waals surface area contributed by atoms with Crippen molar-refractivity contribution in [2.24, 2.45) is 0 Å². The fraction of sp³-hybridized carbons (Fsp3) is 0.350. The quantitative estimate of drug-likeness (QED) is 0.690. The lowest BCUT2D eigenvalue weighted by atomic mass is 10.1. The Morgan fingerprint density at radius 3 is 2.21 bits per heavy atom. The summed E-state index contributed by atoms with van der Waals surface area (Å²) in [5, 5.41) is 2.83. The second-order valence-electron chi connectivity index (χ2n) is 6.46. The molecule has 2 aromatic carbocycles. The maximum atomic E-state index is 12.9. The Labute approximate surface area is 166 Å². The van der Waals surface area contributed by atoms with E-state index in [1.54, 1.807) is 50.4 Å². The van der Waals surface area contributed by atoms with E-state index in [0.29, 0.717) is 17.1 Å². The zero-order chi connectivity index (χ0) is 20.7. The Morgan fingerprint density at radius 1 is 1.07 bits per heavy atom. The van der Waals surface area contributed by atoms with Crippen LogP contribution in [-0.2, 0) is 14.8 Å². The van der Waals surface area contributed by atoms with Crippen LogP contribution >= 0.6 is 0 Å². The van der Waals surface area contributed by atoms with E-state index in [0.717, 1.165) is 10.6 Å². The summed E-state index contributed by atoms with van der Waals surface area (Å²) < 4.78 is 36.1. The predicted octanol–water partition coefficient (Wildman–Crippen LogP) is 2.21. The van der Waals surface area contributed by atoms with E-state index in [1.165, 1.54) is 7.05 Å². The van der Waals surface area contributed by atoms with E-state index in [-0.39, 0.29) is 12.6 Å². The lowest BCUT2D eigenvalue weighted by Crippen LogP contribution is -2.45. The average Bonchev–Trinajstić information content (AvgIpc) is 2.66. The molecule has 0 bridgehead atoms. The van der Waals surface area contributed by atoms with Gasteiger partial charge in [-0.05, 0) is 24.6 Å². The Balaban J connectivity index is 2.10. The van der Waals surface area contributed by atoms with Crippen LogP contribution in [0.25, 0.3) is 0 Å². The number of carbonyl (C=O) groups excluding carboxylic acids is 1. The van der Waals surface area contributed by atoms with E-state index >= 15 is 0 Å². The third-order valence-corrected chi connectivity index (χ3v) is 5.45. The van der Waals surface area contributed by atoms with Crippen LogP contribution in [0.3, 0.4) is 0 Å². The third-order valence-electron chi connectivity index (χ3n) is 4.20. The number of nitrogens with one attached hydrogen (secondary N) is 1. The van der Waals surface area contributed by atoms with Crippen molar-refractivity contribution >= 4 is 15.9 Å². The van der Waals surface area contributed by atoms with Gasteiger partial charge in [0.1, 0.15) is 12.6 Å². The first-order valence-electron chi connectivity index (χ1n) is 8.78. The average molecular weight is 407 g/mol. The zero-order valence-electron chi connectivity index (χ0n) is 16.5. The summed E-state index contributed by atoms with van der Waals surface area (Å²) in [6.45, 7) is 1.99. The minimum atomic E-state index is -3.57. The first kappa shape index (κ1) is 21.7. The number of benzene rings is 2. The van der Waals surface area contributed by atoms with Crippen LogP contribution in [0.15, 0.2) is 54.6 Å². The molecule has 1 N–H and O–H groups in total. The summed E-state index contributed by atoms with van der Waals surface area (Å²) >= 11 is 0. The number of hydrogen-bond donors (Lipinski definition) is 1. The zero-order valence-corrected chi connectivity index (χ0v) is 17.3. The summed E-state index contributed by atoms with van der Waals surface area (Å²) in [7, 11) is -0.625. The molecule has 0 unspecified atom stereocenters. The minimum Gasteiger partial charge on any atom is -0.493 e. The molecule has 8 heteroatoms. The topological polar surface area (TPSA) is 84.9 Å². The van der Waals surface area contributed by atoms with Gasteiger partial charge in [0.25, 0.3) is 0 Å². The molecular weight excluding hydrogens is 380 g/mol. The number of carbonyl (C=O) groups is 1. The molecule has 0 aliphatic rings. The van der Waals surface area contributed by atoms with Gasteiger partial charge >= 0.3 is 0 Å². The summed E-state index contributed by atoms with van der Waals surface area (Å²) in [4.78, 5) is 12.9. The molecule has 0 aliphatic carbocycles. The molecule has 0 saturated heterocycles. The Bertz CT molecular complexity index is 886. The molecule has 2 rings (SSSR count). The molecule has 0 aromatic heterocycles. The second-order valence-corrected chi connectivity index (χ2v) is 8.51. The van der Waals surface area contributed by atoms with Gasteiger partial charge in [0.2, 0.25) is 15.9 Å². The number of para-hydroxylation sites is 2. The van der Waals surface area contributed by atoms with Crippen LogP contribution in [0.1, 0.15) is 18.5 Å². The number of nitrogens with zero attached hydrogens (tertiary/aromatic N) is 1. The van der Waals surface area contributed by atoms with Crippen molar-refractivity contribution in [1.82, 2.24) is 9.62 Å². The molecule has 0 radical (unpaired) electrons.